The minimum atomic E-state index is -0.985. The first-order valence-electron chi connectivity index (χ1n) is 10.9. The van der Waals surface area contributed by atoms with Gasteiger partial charge in [-0.05, 0) is 75.4 Å². The minimum absolute atomic E-state index is 0.0787. The Morgan fingerprint density at radius 3 is 2.65 bits per heavy atom. The van der Waals surface area contributed by atoms with Crippen molar-refractivity contribution in [2.75, 3.05) is 11.9 Å². The molecule has 1 amide bonds. The molecule has 0 saturated carbocycles. The maximum absolute atomic E-state index is 13.0. The van der Waals surface area contributed by atoms with E-state index in [1.165, 1.54) is 6.07 Å². The number of carbonyl (C=O) groups is 4. The van der Waals surface area contributed by atoms with Crippen LogP contribution in [0.2, 0.25) is 0 Å². The van der Waals surface area contributed by atoms with Crippen LogP contribution in [0.1, 0.15) is 65.5 Å². The highest BCUT2D eigenvalue weighted by molar-refractivity contribution is 5.95. The third kappa shape index (κ3) is 6.34. The number of carbonyl (C=O) groups excluding carboxylic acids is 3. The Balaban J connectivity index is 1.88. The SMILES string of the molecule is CC(C)(C)OC(=O)Nc1ccc2c(c1)CCCOc1c(ccc(CCC(=O)O)c1C=O)OC2=O. The minimum Gasteiger partial charge on any atom is -0.489 e. The van der Waals surface area contributed by atoms with E-state index in [4.69, 9.17) is 19.3 Å². The summed E-state index contributed by atoms with van der Waals surface area (Å²) in [6, 6.07) is 7.89. The van der Waals surface area contributed by atoms with E-state index >= 15 is 0 Å². The van der Waals surface area contributed by atoms with E-state index in [0.29, 0.717) is 41.5 Å². The highest BCUT2D eigenvalue weighted by Crippen LogP contribution is 2.35. The fraction of sp³-hybridized carbons (Fsp3) is 0.360. The van der Waals surface area contributed by atoms with Gasteiger partial charge in [-0.25, -0.2) is 9.59 Å². The average Bonchev–Trinajstić information content (AvgIpc) is 2.74. The van der Waals surface area contributed by atoms with Gasteiger partial charge in [0.05, 0.1) is 17.7 Å². The van der Waals surface area contributed by atoms with Gasteiger partial charge in [-0.1, -0.05) is 6.07 Å². The number of fused-ring (bicyclic) bond motifs is 2. The van der Waals surface area contributed by atoms with Crippen LogP contribution in [0, 0.1) is 0 Å². The molecular formula is C25H27NO8. The highest BCUT2D eigenvalue weighted by atomic mass is 16.6. The lowest BCUT2D eigenvalue weighted by atomic mass is 10.0. The first kappa shape index (κ1) is 24.8. The van der Waals surface area contributed by atoms with Crippen molar-refractivity contribution in [2.24, 2.45) is 0 Å². The number of ether oxygens (including phenoxy) is 3. The van der Waals surface area contributed by atoms with Crippen molar-refractivity contribution >= 4 is 30.0 Å². The van der Waals surface area contributed by atoms with Gasteiger partial charge in [0.25, 0.3) is 0 Å². The van der Waals surface area contributed by atoms with Crippen molar-refractivity contribution in [1.29, 1.82) is 0 Å². The lowest BCUT2D eigenvalue weighted by Crippen LogP contribution is -2.27. The number of rotatable bonds is 5. The average molecular weight is 469 g/mol. The van der Waals surface area contributed by atoms with Crippen molar-refractivity contribution in [3.8, 4) is 11.5 Å². The van der Waals surface area contributed by atoms with Crippen LogP contribution in [0.15, 0.2) is 30.3 Å². The molecule has 0 saturated heterocycles. The zero-order valence-corrected chi connectivity index (χ0v) is 19.3. The third-order valence-corrected chi connectivity index (χ3v) is 4.99. The van der Waals surface area contributed by atoms with Gasteiger partial charge in [-0.2, -0.15) is 0 Å². The van der Waals surface area contributed by atoms with E-state index in [9.17, 15) is 19.2 Å². The highest BCUT2D eigenvalue weighted by Gasteiger charge is 2.23. The van der Waals surface area contributed by atoms with Crippen LogP contribution in [0.25, 0.3) is 0 Å². The molecule has 2 aromatic rings. The first-order chi connectivity index (χ1) is 16.1. The Kier molecular flexibility index (Phi) is 7.55. The Morgan fingerprint density at radius 2 is 1.97 bits per heavy atom. The van der Waals surface area contributed by atoms with Crippen molar-refractivity contribution in [2.45, 2.75) is 52.1 Å². The third-order valence-electron chi connectivity index (χ3n) is 4.99. The van der Waals surface area contributed by atoms with E-state index in [0.717, 1.165) is 0 Å². The number of benzene rings is 2. The number of nitrogens with one attached hydrogen (secondary N) is 1. The Labute approximate surface area is 197 Å². The number of amides is 1. The van der Waals surface area contributed by atoms with E-state index in [2.05, 4.69) is 5.32 Å². The summed E-state index contributed by atoms with van der Waals surface area (Å²) < 4.78 is 16.6. The number of hydrogen-bond acceptors (Lipinski definition) is 7. The second-order valence-electron chi connectivity index (χ2n) is 8.82. The molecule has 0 fully saturated rings. The van der Waals surface area contributed by atoms with Gasteiger partial charge in [0, 0.05) is 12.1 Å². The summed E-state index contributed by atoms with van der Waals surface area (Å²) in [5, 5.41) is 11.6. The first-order valence-corrected chi connectivity index (χ1v) is 10.9. The topological polar surface area (TPSA) is 128 Å². The van der Waals surface area contributed by atoms with Crippen molar-refractivity contribution < 1.29 is 38.5 Å². The van der Waals surface area contributed by atoms with Crippen molar-refractivity contribution in [3.05, 3.63) is 52.6 Å². The molecule has 0 spiro atoms. The molecule has 1 aliphatic heterocycles. The van der Waals surface area contributed by atoms with Gasteiger partial charge in [0.15, 0.2) is 17.8 Å². The molecule has 0 aliphatic carbocycles. The Morgan fingerprint density at radius 1 is 1.21 bits per heavy atom. The molecule has 180 valence electrons. The summed E-state index contributed by atoms with van der Waals surface area (Å²) in [6.45, 7) is 5.52. The van der Waals surface area contributed by atoms with Crippen LogP contribution in [0.5, 0.6) is 11.5 Å². The number of aryl methyl sites for hydroxylation is 2. The zero-order valence-electron chi connectivity index (χ0n) is 19.3. The summed E-state index contributed by atoms with van der Waals surface area (Å²) in [6.07, 6.45) is 0.952. The van der Waals surface area contributed by atoms with Crippen LogP contribution in [-0.2, 0) is 22.4 Å². The molecule has 0 radical (unpaired) electrons. The number of aldehydes is 1. The van der Waals surface area contributed by atoms with E-state index in [1.807, 2.05) is 0 Å². The summed E-state index contributed by atoms with van der Waals surface area (Å²) in [7, 11) is 0. The van der Waals surface area contributed by atoms with Gasteiger partial charge < -0.3 is 19.3 Å². The van der Waals surface area contributed by atoms with Crippen LogP contribution in [0.4, 0.5) is 10.5 Å². The number of esters is 1. The molecular weight excluding hydrogens is 442 g/mol. The molecule has 2 N–H and O–H groups in total. The molecule has 2 aromatic carbocycles. The molecule has 0 bridgehead atoms. The lowest BCUT2D eigenvalue weighted by molar-refractivity contribution is -0.136. The molecule has 3 rings (SSSR count). The predicted octanol–water partition coefficient (Wildman–Crippen LogP) is 4.41. The monoisotopic (exact) mass is 469 g/mol. The molecule has 9 heteroatoms. The van der Waals surface area contributed by atoms with Crippen molar-refractivity contribution in [1.82, 2.24) is 0 Å². The molecule has 0 aromatic heterocycles. The molecule has 1 aliphatic rings. The molecule has 0 atom stereocenters. The predicted molar refractivity (Wildman–Crippen MR) is 123 cm³/mol. The Bertz CT molecular complexity index is 1120. The fourth-order valence-electron chi connectivity index (χ4n) is 3.53. The van der Waals surface area contributed by atoms with Gasteiger partial charge in [-0.15, -0.1) is 0 Å². The number of carboxylic acid groups (broad SMARTS) is 1. The number of aliphatic carboxylic acids is 1. The maximum Gasteiger partial charge on any atom is 0.412 e. The van der Waals surface area contributed by atoms with E-state index < -0.39 is 23.6 Å². The largest absolute Gasteiger partial charge is 0.489 e. The normalized spacial score (nSPS) is 13.4. The molecule has 0 unspecified atom stereocenters. The molecule has 1 heterocycles. The second-order valence-corrected chi connectivity index (χ2v) is 8.82. The fourth-order valence-corrected chi connectivity index (χ4v) is 3.53. The maximum atomic E-state index is 13.0. The van der Waals surface area contributed by atoms with E-state index in [-0.39, 0.29) is 36.5 Å². The number of carboxylic acids is 1. The zero-order chi connectivity index (χ0) is 24.9. The standard InChI is InChI=1S/C25H27NO8/c1-25(2,3)34-24(31)26-17-8-9-18-16(13-17)5-4-12-32-22-19(14-27)15(7-11-21(28)29)6-10-20(22)33-23(18)30/h6,8-10,13-14H,4-5,7,11-12H2,1-3H3,(H,26,31)(H,28,29). The van der Waals surface area contributed by atoms with Gasteiger partial charge >= 0.3 is 18.0 Å². The van der Waals surface area contributed by atoms with E-state index in [1.54, 1.807) is 45.0 Å². The Hall–Kier alpha value is -3.88. The smallest absolute Gasteiger partial charge is 0.412 e. The second kappa shape index (κ2) is 10.4. The van der Waals surface area contributed by atoms with Crippen LogP contribution >= 0.6 is 0 Å². The summed E-state index contributed by atoms with van der Waals surface area (Å²) in [5.74, 6) is -1.42. The van der Waals surface area contributed by atoms with Crippen LogP contribution < -0.4 is 14.8 Å². The molecule has 9 nitrogen and oxygen atoms in total. The number of hydrogen-bond donors (Lipinski definition) is 2. The lowest BCUT2D eigenvalue weighted by Gasteiger charge is -2.21. The van der Waals surface area contributed by atoms with Gasteiger partial charge in [0.1, 0.15) is 5.60 Å². The van der Waals surface area contributed by atoms with Crippen LogP contribution in [-0.4, -0.2) is 41.6 Å². The van der Waals surface area contributed by atoms with Crippen molar-refractivity contribution in [3.63, 3.8) is 0 Å². The quantitative estimate of drug-likeness (QED) is 0.374. The van der Waals surface area contributed by atoms with Gasteiger partial charge in [0.2, 0.25) is 0 Å². The summed E-state index contributed by atoms with van der Waals surface area (Å²) in [4.78, 5) is 47.7. The molecule has 34 heavy (non-hydrogen) atoms. The van der Waals surface area contributed by atoms with Crippen LogP contribution in [0.3, 0.4) is 0 Å². The van der Waals surface area contributed by atoms with Gasteiger partial charge in [-0.3, -0.25) is 14.9 Å². The summed E-state index contributed by atoms with van der Waals surface area (Å²) in [5.41, 5.74) is 1.49. The number of anilines is 1. The summed E-state index contributed by atoms with van der Waals surface area (Å²) >= 11 is 0.